The Morgan fingerprint density at radius 2 is 1.78 bits per heavy atom. The van der Waals surface area contributed by atoms with E-state index in [2.05, 4.69) is 17.0 Å². The summed E-state index contributed by atoms with van der Waals surface area (Å²) in [5.41, 5.74) is 1.27. The average Bonchev–Trinajstić information content (AvgIpc) is 2.42. The van der Waals surface area contributed by atoms with E-state index in [1.165, 1.54) is 5.56 Å². The van der Waals surface area contributed by atoms with E-state index in [0.717, 1.165) is 25.3 Å². The fourth-order valence-electron chi connectivity index (χ4n) is 1.78. The fraction of sp³-hybridized carbons (Fsp3) is 0.571. The van der Waals surface area contributed by atoms with Crippen LogP contribution < -0.4 is 4.74 Å². The van der Waals surface area contributed by atoms with Crippen LogP contribution in [0.25, 0.3) is 0 Å². The van der Waals surface area contributed by atoms with Crippen molar-refractivity contribution in [3.8, 4) is 5.75 Å². The summed E-state index contributed by atoms with van der Waals surface area (Å²) in [6.45, 7) is 3.36. The first-order chi connectivity index (χ1) is 8.80. The second-order valence-corrected chi connectivity index (χ2v) is 4.16. The Balaban J connectivity index is 2.39. The van der Waals surface area contributed by atoms with Gasteiger partial charge in [0.2, 0.25) is 0 Å². The lowest BCUT2D eigenvalue weighted by atomic mass is 10.1. The van der Waals surface area contributed by atoms with Gasteiger partial charge < -0.3 is 14.6 Å². The van der Waals surface area contributed by atoms with E-state index in [4.69, 9.17) is 14.6 Å². The van der Waals surface area contributed by atoms with Gasteiger partial charge in [0.1, 0.15) is 5.75 Å². The Hall–Kier alpha value is -1.10. The van der Waals surface area contributed by atoms with E-state index >= 15 is 0 Å². The normalized spacial score (nSPS) is 10.9. The molecule has 0 fully saturated rings. The summed E-state index contributed by atoms with van der Waals surface area (Å²) in [6.07, 6.45) is 0.966. The summed E-state index contributed by atoms with van der Waals surface area (Å²) in [5.74, 6) is 0.880. The smallest absolute Gasteiger partial charge is 0.118 e. The Bertz CT molecular complexity index is 313. The van der Waals surface area contributed by atoms with Crippen LogP contribution in [0.2, 0.25) is 0 Å². The van der Waals surface area contributed by atoms with Crippen LogP contribution >= 0.6 is 0 Å². The average molecular weight is 253 g/mol. The van der Waals surface area contributed by atoms with Gasteiger partial charge in [0.25, 0.3) is 0 Å². The number of aliphatic hydroxyl groups excluding tert-OH is 1. The van der Waals surface area contributed by atoms with Crippen molar-refractivity contribution in [3.05, 3.63) is 29.8 Å². The Labute approximate surface area is 109 Å². The zero-order valence-electron chi connectivity index (χ0n) is 11.3. The summed E-state index contributed by atoms with van der Waals surface area (Å²) in [4.78, 5) is 2.20. The molecule has 0 heterocycles. The first-order valence-corrected chi connectivity index (χ1v) is 6.25. The Kier molecular flexibility index (Phi) is 7.41. The van der Waals surface area contributed by atoms with Gasteiger partial charge in [-0.2, -0.15) is 0 Å². The van der Waals surface area contributed by atoms with E-state index in [-0.39, 0.29) is 6.61 Å². The predicted molar refractivity (Wildman–Crippen MR) is 72.1 cm³/mol. The zero-order valence-corrected chi connectivity index (χ0v) is 11.3. The van der Waals surface area contributed by atoms with Crippen LogP contribution in [0.5, 0.6) is 5.75 Å². The van der Waals surface area contributed by atoms with Gasteiger partial charge >= 0.3 is 0 Å². The molecule has 0 bridgehead atoms. The minimum Gasteiger partial charge on any atom is -0.497 e. The number of ether oxygens (including phenoxy) is 2. The van der Waals surface area contributed by atoms with Crippen LogP contribution in [0.1, 0.15) is 5.56 Å². The monoisotopic (exact) mass is 253 g/mol. The Morgan fingerprint density at radius 3 is 2.33 bits per heavy atom. The van der Waals surface area contributed by atoms with Gasteiger partial charge in [-0.25, -0.2) is 0 Å². The highest BCUT2D eigenvalue weighted by Gasteiger charge is 2.04. The molecule has 0 spiro atoms. The van der Waals surface area contributed by atoms with Crippen LogP contribution in [0, 0.1) is 0 Å². The van der Waals surface area contributed by atoms with Crippen LogP contribution in [0.4, 0.5) is 0 Å². The maximum Gasteiger partial charge on any atom is 0.118 e. The molecular formula is C14H23NO3. The van der Waals surface area contributed by atoms with Gasteiger partial charge in [-0.05, 0) is 24.1 Å². The molecule has 0 aliphatic heterocycles. The molecule has 0 unspecified atom stereocenters. The third-order valence-corrected chi connectivity index (χ3v) is 2.90. The zero-order chi connectivity index (χ0) is 13.2. The van der Waals surface area contributed by atoms with Crippen molar-refractivity contribution in [1.29, 1.82) is 0 Å². The van der Waals surface area contributed by atoms with Gasteiger partial charge in [-0.15, -0.1) is 0 Å². The molecule has 0 radical (unpaired) electrons. The van der Waals surface area contributed by atoms with Crippen molar-refractivity contribution < 1.29 is 14.6 Å². The number of rotatable bonds is 9. The lowest BCUT2D eigenvalue weighted by molar-refractivity contribution is 0.131. The van der Waals surface area contributed by atoms with E-state index in [0.29, 0.717) is 13.2 Å². The molecule has 0 aliphatic rings. The van der Waals surface area contributed by atoms with Gasteiger partial charge in [-0.3, -0.25) is 4.90 Å². The third-order valence-electron chi connectivity index (χ3n) is 2.90. The van der Waals surface area contributed by atoms with E-state index in [9.17, 15) is 0 Å². The lowest BCUT2D eigenvalue weighted by Crippen LogP contribution is -2.32. The topological polar surface area (TPSA) is 41.9 Å². The highest BCUT2D eigenvalue weighted by atomic mass is 16.5. The van der Waals surface area contributed by atoms with E-state index in [1.54, 1.807) is 14.2 Å². The highest BCUT2D eigenvalue weighted by Crippen LogP contribution is 2.11. The van der Waals surface area contributed by atoms with Crippen molar-refractivity contribution in [2.24, 2.45) is 0 Å². The SMILES string of the molecule is COCCN(CCO)CCc1ccc(OC)cc1. The first-order valence-electron chi connectivity index (χ1n) is 6.25. The molecule has 102 valence electrons. The largest absolute Gasteiger partial charge is 0.497 e. The van der Waals surface area contributed by atoms with Crippen molar-refractivity contribution in [2.45, 2.75) is 6.42 Å². The molecule has 0 aliphatic carbocycles. The van der Waals surface area contributed by atoms with Crippen LogP contribution in [-0.4, -0.2) is 57.1 Å². The molecule has 1 aromatic rings. The van der Waals surface area contributed by atoms with Crippen molar-refractivity contribution in [3.63, 3.8) is 0 Å². The van der Waals surface area contributed by atoms with Crippen LogP contribution in [0.15, 0.2) is 24.3 Å². The second kappa shape index (κ2) is 8.91. The van der Waals surface area contributed by atoms with Crippen LogP contribution in [-0.2, 0) is 11.2 Å². The number of aliphatic hydroxyl groups is 1. The summed E-state index contributed by atoms with van der Waals surface area (Å²) >= 11 is 0. The van der Waals surface area contributed by atoms with Gasteiger partial charge in [-0.1, -0.05) is 12.1 Å². The second-order valence-electron chi connectivity index (χ2n) is 4.16. The fourth-order valence-corrected chi connectivity index (χ4v) is 1.78. The van der Waals surface area contributed by atoms with Gasteiger partial charge in [0, 0.05) is 26.7 Å². The van der Waals surface area contributed by atoms with E-state index < -0.39 is 0 Å². The summed E-state index contributed by atoms with van der Waals surface area (Å²) in [6, 6.07) is 8.10. The minimum atomic E-state index is 0.187. The van der Waals surface area contributed by atoms with Crippen molar-refractivity contribution in [1.82, 2.24) is 4.90 Å². The molecule has 0 saturated carbocycles. The molecule has 1 rings (SSSR count). The van der Waals surface area contributed by atoms with Crippen molar-refractivity contribution >= 4 is 0 Å². The van der Waals surface area contributed by atoms with Gasteiger partial charge in [0.15, 0.2) is 0 Å². The van der Waals surface area contributed by atoms with Gasteiger partial charge in [0.05, 0.1) is 20.3 Å². The molecule has 4 heteroatoms. The third kappa shape index (κ3) is 5.49. The number of benzene rings is 1. The molecule has 0 atom stereocenters. The number of hydrogen-bond donors (Lipinski definition) is 1. The molecule has 0 aromatic heterocycles. The van der Waals surface area contributed by atoms with Crippen molar-refractivity contribution in [2.75, 3.05) is 47.1 Å². The highest BCUT2D eigenvalue weighted by molar-refractivity contribution is 5.27. The minimum absolute atomic E-state index is 0.187. The first kappa shape index (κ1) is 15.0. The lowest BCUT2D eigenvalue weighted by Gasteiger charge is -2.20. The number of hydrogen-bond acceptors (Lipinski definition) is 4. The standard InChI is InChI=1S/C14H23NO3/c1-17-12-10-15(9-11-16)8-7-13-3-5-14(18-2)6-4-13/h3-6,16H,7-12H2,1-2H3. The van der Waals surface area contributed by atoms with E-state index in [1.807, 2.05) is 12.1 Å². The molecular weight excluding hydrogens is 230 g/mol. The quantitative estimate of drug-likeness (QED) is 0.717. The summed E-state index contributed by atoms with van der Waals surface area (Å²) in [5, 5.41) is 9.00. The number of nitrogens with zero attached hydrogens (tertiary/aromatic N) is 1. The molecule has 4 nitrogen and oxygen atoms in total. The molecule has 18 heavy (non-hydrogen) atoms. The maximum atomic E-state index is 9.00. The molecule has 0 amide bonds. The summed E-state index contributed by atoms with van der Waals surface area (Å²) < 4.78 is 10.2. The maximum absolute atomic E-state index is 9.00. The Morgan fingerprint density at radius 1 is 1.06 bits per heavy atom. The molecule has 1 N–H and O–H groups in total. The summed E-state index contributed by atoms with van der Waals surface area (Å²) in [7, 11) is 3.36. The van der Waals surface area contributed by atoms with Crippen LogP contribution in [0.3, 0.4) is 0 Å². The molecule has 0 saturated heterocycles. The molecule has 1 aromatic carbocycles. The number of methoxy groups -OCH3 is 2. The predicted octanol–water partition coefficient (Wildman–Crippen LogP) is 1.18.